The Morgan fingerprint density at radius 1 is 0.510 bits per heavy atom. The first kappa shape index (κ1) is 48.1. The van der Waals surface area contributed by atoms with E-state index in [-0.39, 0.29) is 18.9 Å². The average Bonchev–Trinajstić information content (AvgIpc) is 3.09. The van der Waals surface area contributed by atoms with Crippen LogP contribution in [0.1, 0.15) is 239 Å². The first-order chi connectivity index (χ1) is 24.0. The van der Waals surface area contributed by atoms with Crippen LogP contribution in [0.5, 0.6) is 0 Å². The predicted molar refractivity (Wildman–Crippen MR) is 213 cm³/mol. The van der Waals surface area contributed by atoms with Gasteiger partial charge in [-0.3, -0.25) is 4.79 Å². The van der Waals surface area contributed by atoms with Gasteiger partial charge in [0.1, 0.15) is 0 Å². The van der Waals surface area contributed by atoms with Crippen molar-refractivity contribution in [1.82, 2.24) is 5.32 Å². The summed E-state index contributed by atoms with van der Waals surface area (Å²) in [7, 11) is 0. The largest absolute Gasteiger partial charge is 0.394 e. The van der Waals surface area contributed by atoms with E-state index >= 15 is 0 Å². The molecule has 49 heavy (non-hydrogen) atoms. The van der Waals surface area contributed by atoms with Crippen LogP contribution in [-0.4, -0.2) is 46.1 Å². The minimum absolute atomic E-state index is 0.0186. The summed E-state index contributed by atoms with van der Waals surface area (Å²) in [4.78, 5) is 12.4. The fraction of sp³-hybridized carbons (Fsp3) is 0.932. The predicted octanol–water partition coefficient (Wildman–Crippen LogP) is 12.4. The summed E-state index contributed by atoms with van der Waals surface area (Å²) in [5, 5.41) is 33.2. The summed E-state index contributed by atoms with van der Waals surface area (Å²) < 4.78 is 0. The van der Waals surface area contributed by atoms with Crippen LogP contribution >= 0.6 is 0 Å². The van der Waals surface area contributed by atoms with Gasteiger partial charge in [-0.05, 0) is 19.3 Å². The lowest BCUT2D eigenvalue weighted by atomic mass is 10.0. The number of aliphatic hydroxyl groups excluding tert-OH is 3. The van der Waals surface area contributed by atoms with Crippen LogP contribution in [-0.2, 0) is 4.79 Å². The second kappa shape index (κ2) is 39.9. The standard InChI is InChI=1S/C44H87NO4/c1-3-5-7-9-11-13-15-17-18-19-20-21-22-23-24-25-26-27-29-31-33-35-37-41(47)39-44(49)45-42(40-46)43(48)38-36-34-32-30-28-16-14-12-10-8-6-4-2/h36,38,41-43,46-48H,3-35,37,39-40H2,1-2H3,(H,45,49)/b38-36+. The van der Waals surface area contributed by atoms with Gasteiger partial charge in [0.15, 0.2) is 0 Å². The van der Waals surface area contributed by atoms with Gasteiger partial charge in [-0.15, -0.1) is 0 Å². The van der Waals surface area contributed by atoms with E-state index in [0.29, 0.717) is 6.42 Å². The summed E-state index contributed by atoms with van der Waals surface area (Å²) in [6.07, 6.45) is 46.4. The Balaban J connectivity index is 3.58. The summed E-state index contributed by atoms with van der Waals surface area (Å²) in [5.41, 5.74) is 0. The Labute approximate surface area is 306 Å². The Bertz CT molecular complexity index is 684. The van der Waals surface area contributed by atoms with Gasteiger partial charge in [0, 0.05) is 0 Å². The third-order valence-electron chi connectivity index (χ3n) is 10.3. The van der Waals surface area contributed by atoms with Crippen molar-refractivity contribution in [3.8, 4) is 0 Å². The maximum Gasteiger partial charge on any atom is 0.222 e. The molecule has 1 amide bonds. The van der Waals surface area contributed by atoms with Crippen molar-refractivity contribution >= 4 is 5.91 Å². The van der Waals surface area contributed by atoms with E-state index in [1.807, 2.05) is 6.08 Å². The molecule has 0 rings (SSSR count). The van der Waals surface area contributed by atoms with Crippen LogP contribution in [0.2, 0.25) is 0 Å². The molecule has 5 nitrogen and oxygen atoms in total. The first-order valence-corrected chi connectivity index (χ1v) is 22.0. The zero-order valence-corrected chi connectivity index (χ0v) is 33.1. The highest BCUT2D eigenvalue weighted by atomic mass is 16.3. The number of carbonyl (C=O) groups excluding carboxylic acids is 1. The van der Waals surface area contributed by atoms with E-state index in [0.717, 1.165) is 25.7 Å². The molecule has 0 saturated carbocycles. The highest BCUT2D eigenvalue weighted by Gasteiger charge is 2.20. The zero-order chi connectivity index (χ0) is 35.9. The molecule has 0 aromatic rings. The normalized spacial score (nSPS) is 13.7. The van der Waals surface area contributed by atoms with Gasteiger partial charge in [-0.1, -0.05) is 225 Å². The number of rotatable bonds is 40. The fourth-order valence-corrected chi connectivity index (χ4v) is 6.93. The number of amides is 1. The molecular formula is C44H87NO4. The molecular weight excluding hydrogens is 606 g/mol. The van der Waals surface area contributed by atoms with Crippen LogP contribution in [0.4, 0.5) is 0 Å². The minimum Gasteiger partial charge on any atom is -0.394 e. The molecule has 4 N–H and O–H groups in total. The molecule has 0 aliphatic rings. The third-order valence-corrected chi connectivity index (χ3v) is 10.3. The monoisotopic (exact) mass is 694 g/mol. The molecule has 5 heteroatoms. The summed E-state index contributed by atoms with van der Waals surface area (Å²) >= 11 is 0. The maximum atomic E-state index is 12.4. The van der Waals surface area contributed by atoms with Crippen molar-refractivity contribution in [2.75, 3.05) is 6.61 Å². The molecule has 3 unspecified atom stereocenters. The number of hydrogen-bond donors (Lipinski definition) is 4. The van der Waals surface area contributed by atoms with Gasteiger partial charge >= 0.3 is 0 Å². The second-order valence-corrected chi connectivity index (χ2v) is 15.3. The highest BCUT2D eigenvalue weighted by molar-refractivity contribution is 5.76. The van der Waals surface area contributed by atoms with Crippen LogP contribution in [0.15, 0.2) is 12.2 Å². The van der Waals surface area contributed by atoms with E-state index in [1.165, 1.54) is 186 Å². The van der Waals surface area contributed by atoms with Crippen LogP contribution in [0.3, 0.4) is 0 Å². The molecule has 3 atom stereocenters. The number of aliphatic hydroxyl groups is 3. The minimum atomic E-state index is -0.923. The lowest BCUT2D eigenvalue weighted by Gasteiger charge is -2.21. The topological polar surface area (TPSA) is 89.8 Å². The van der Waals surface area contributed by atoms with Crippen molar-refractivity contribution < 1.29 is 20.1 Å². The molecule has 0 fully saturated rings. The molecule has 0 radical (unpaired) electrons. The summed E-state index contributed by atoms with van der Waals surface area (Å²) in [6, 6.07) is -0.738. The number of carbonyl (C=O) groups is 1. The quantitative estimate of drug-likeness (QED) is 0.0380. The number of unbranched alkanes of at least 4 members (excludes halogenated alkanes) is 31. The van der Waals surface area contributed by atoms with Gasteiger partial charge < -0.3 is 20.6 Å². The van der Waals surface area contributed by atoms with E-state index in [9.17, 15) is 20.1 Å². The zero-order valence-electron chi connectivity index (χ0n) is 33.1. The molecule has 0 bridgehead atoms. The number of allylic oxidation sites excluding steroid dienone is 1. The lowest BCUT2D eigenvalue weighted by molar-refractivity contribution is -0.124. The van der Waals surface area contributed by atoms with Crippen LogP contribution in [0.25, 0.3) is 0 Å². The molecule has 0 heterocycles. The van der Waals surface area contributed by atoms with Crippen LogP contribution < -0.4 is 5.32 Å². The summed E-state index contributed by atoms with van der Waals surface area (Å²) in [5.74, 6) is -0.313. The van der Waals surface area contributed by atoms with Gasteiger partial charge in [-0.25, -0.2) is 0 Å². The van der Waals surface area contributed by atoms with Gasteiger partial charge in [0.05, 0.1) is 31.3 Å². The molecule has 0 aromatic carbocycles. The van der Waals surface area contributed by atoms with E-state index in [4.69, 9.17) is 0 Å². The second-order valence-electron chi connectivity index (χ2n) is 15.3. The number of hydrogen-bond acceptors (Lipinski definition) is 4. The third kappa shape index (κ3) is 36.7. The summed E-state index contributed by atoms with van der Waals surface area (Å²) in [6.45, 7) is 4.21. The molecule has 0 spiro atoms. The van der Waals surface area contributed by atoms with E-state index in [1.54, 1.807) is 6.08 Å². The van der Waals surface area contributed by atoms with Crippen molar-refractivity contribution in [1.29, 1.82) is 0 Å². The Morgan fingerprint density at radius 2 is 0.837 bits per heavy atom. The smallest absolute Gasteiger partial charge is 0.222 e. The molecule has 0 aliphatic carbocycles. The van der Waals surface area contributed by atoms with Gasteiger partial charge in [0.2, 0.25) is 5.91 Å². The van der Waals surface area contributed by atoms with Crippen molar-refractivity contribution in [3.05, 3.63) is 12.2 Å². The van der Waals surface area contributed by atoms with Crippen molar-refractivity contribution in [3.63, 3.8) is 0 Å². The molecule has 0 aromatic heterocycles. The SMILES string of the molecule is CCCCCCCCCCCC/C=C/C(O)C(CO)NC(=O)CC(O)CCCCCCCCCCCCCCCCCCCCCCCC. The fourth-order valence-electron chi connectivity index (χ4n) is 6.93. The molecule has 0 aliphatic heterocycles. The van der Waals surface area contributed by atoms with Crippen molar-refractivity contribution in [2.45, 2.75) is 257 Å². The molecule has 0 saturated heterocycles. The highest BCUT2D eigenvalue weighted by Crippen LogP contribution is 2.16. The average molecular weight is 694 g/mol. The van der Waals surface area contributed by atoms with E-state index < -0.39 is 18.2 Å². The molecule has 292 valence electrons. The lowest BCUT2D eigenvalue weighted by Crippen LogP contribution is -2.45. The van der Waals surface area contributed by atoms with Crippen LogP contribution in [0, 0.1) is 0 Å². The van der Waals surface area contributed by atoms with Gasteiger partial charge in [-0.2, -0.15) is 0 Å². The Hall–Kier alpha value is -0.910. The first-order valence-electron chi connectivity index (χ1n) is 22.0. The number of nitrogens with one attached hydrogen (secondary N) is 1. The van der Waals surface area contributed by atoms with Gasteiger partial charge in [0.25, 0.3) is 0 Å². The Kier molecular flexibility index (Phi) is 39.1. The maximum absolute atomic E-state index is 12.4. The Morgan fingerprint density at radius 3 is 1.18 bits per heavy atom. The van der Waals surface area contributed by atoms with E-state index in [2.05, 4.69) is 19.2 Å². The van der Waals surface area contributed by atoms with Crippen molar-refractivity contribution in [2.24, 2.45) is 0 Å².